The second-order valence-corrected chi connectivity index (χ2v) is 5.43. The third-order valence-electron chi connectivity index (χ3n) is 2.15. The van der Waals surface area contributed by atoms with E-state index in [2.05, 4.69) is 26.2 Å². The van der Waals surface area contributed by atoms with Crippen molar-refractivity contribution in [3.8, 4) is 0 Å². The molecule has 88 valence electrons. The summed E-state index contributed by atoms with van der Waals surface area (Å²) in [6.07, 6.45) is 0. The number of aryl methyl sites for hydroxylation is 1. The van der Waals surface area contributed by atoms with E-state index in [1.165, 1.54) is 0 Å². The van der Waals surface area contributed by atoms with Gasteiger partial charge in [0.15, 0.2) is 0 Å². The Bertz CT molecular complexity index is 539. The quantitative estimate of drug-likeness (QED) is 0.946. The molecule has 1 N–H and O–H groups in total. The van der Waals surface area contributed by atoms with Crippen LogP contribution in [0.2, 0.25) is 0 Å². The average Bonchev–Trinajstić information content (AvgIpc) is 2.72. The first-order valence-electron chi connectivity index (χ1n) is 5.10. The Morgan fingerprint density at radius 2 is 2.35 bits per heavy atom. The van der Waals surface area contributed by atoms with Crippen LogP contribution in [0.15, 0.2) is 34.1 Å². The standard InChI is InChI=1S/C12H11BrN2OS/c1-8-7-17-11(15-8)6-14-12(16)9-3-2-4-10(13)5-9/h2-5,7H,6H2,1H3,(H,14,16). The second-order valence-electron chi connectivity index (χ2n) is 3.58. The van der Waals surface area contributed by atoms with E-state index in [0.29, 0.717) is 12.1 Å². The number of thiazole rings is 1. The fraction of sp³-hybridized carbons (Fsp3) is 0.167. The minimum absolute atomic E-state index is 0.0841. The molecule has 0 saturated carbocycles. The molecule has 1 amide bonds. The number of carbonyl (C=O) groups is 1. The van der Waals surface area contributed by atoms with Gasteiger partial charge in [-0.1, -0.05) is 22.0 Å². The molecule has 1 aromatic carbocycles. The zero-order valence-corrected chi connectivity index (χ0v) is 11.6. The summed E-state index contributed by atoms with van der Waals surface area (Å²) >= 11 is 4.89. The van der Waals surface area contributed by atoms with Crippen molar-refractivity contribution in [2.45, 2.75) is 13.5 Å². The fourth-order valence-corrected chi connectivity index (χ4v) is 2.48. The van der Waals surface area contributed by atoms with Gasteiger partial charge < -0.3 is 5.32 Å². The number of nitrogens with zero attached hydrogens (tertiary/aromatic N) is 1. The van der Waals surface area contributed by atoms with Crippen molar-refractivity contribution in [1.29, 1.82) is 0 Å². The summed E-state index contributed by atoms with van der Waals surface area (Å²) < 4.78 is 0.898. The minimum Gasteiger partial charge on any atom is -0.346 e. The molecule has 1 aromatic heterocycles. The Morgan fingerprint density at radius 3 is 3.00 bits per heavy atom. The Labute approximate surface area is 112 Å². The van der Waals surface area contributed by atoms with E-state index < -0.39 is 0 Å². The van der Waals surface area contributed by atoms with Crippen molar-refractivity contribution in [2.75, 3.05) is 0 Å². The van der Waals surface area contributed by atoms with Crippen molar-refractivity contribution in [1.82, 2.24) is 10.3 Å². The molecule has 2 aromatic rings. The largest absolute Gasteiger partial charge is 0.346 e. The first kappa shape index (κ1) is 12.3. The van der Waals surface area contributed by atoms with E-state index in [1.807, 2.05) is 24.4 Å². The summed E-state index contributed by atoms with van der Waals surface area (Å²) in [5, 5.41) is 5.74. The van der Waals surface area contributed by atoms with Gasteiger partial charge in [0.1, 0.15) is 5.01 Å². The molecule has 0 aliphatic rings. The van der Waals surface area contributed by atoms with Crippen molar-refractivity contribution in [3.05, 3.63) is 50.4 Å². The Morgan fingerprint density at radius 1 is 1.53 bits per heavy atom. The van der Waals surface area contributed by atoms with Crippen LogP contribution in [0.4, 0.5) is 0 Å². The second kappa shape index (κ2) is 5.42. The minimum atomic E-state index is -0.0841. The smallest absolute Gasteiger partial charge is 0.251 e. The third kappa shape index (κ3) is 3.38. The van der Waals surface area contributed by atoms with E-state index in [-0.39, 0.29) is 5.91 Å². The number of aromatic nitrogens is 1. The van der Waals surface area contributed by atoms with Gasteiger partial charge in [-0.05, 0) is 25.1 Å². The highest BCUT2D eigenvalue weighted by atomic mass is 79.9. The van der Waals surface area contributed by atoms with Gasteiger partial charge in [0, 0.05) is 21.1 Å². The SMILES string of the molecule is Cc1csc(CNC(=O)c2cccc(Br)c2)n1. The van der Waals surface area contributed by atoms with Gasteiger partial charge >= 0.3 is 0 Å². The highest BCUT2D eigenvalue weighted by molar-refractivity contribution is 9.10. The van der Waals surface area contributed by atoms with Gasteiger partial charge in [-0.2, -0.15) is 0 Å². The van der Waals surface area contributed by atoms with Crippen LogP contribution in [0, 0.1) is 6.92 Å². The normalized spacial score (nSPS) is 10.2. The van der Waals surface area contributed by atoms with Gasteiger partial charge in [0.2, 0.25) is 0 Å². The molecule has 0 radical (unpaired) electrons. The first-order chi connectivity index (χ1) is 8.15. The first-order valence-corrected chi connectivity index (χ1v) is 6.77. The molecule has 1 heterocycles. The van der Waals surface area contributed by atoms with Gasteiger partial charge in [-0.3, -0.25) is 4.79 Å². The fourth-order valence-electron chi connectivity index (χ4n) is 1.37. The van der Waals surface area contributed by atoms with Crippen molar-refractivity contribution < 1.29 is 4.79 Å². The molecule has 17 heavy (non-hydrogen) atoms. The van der Waals surface area contributed by atoms with Crippen LogP contribution in [-0.4, -0.2) is 10.9 Å². The number of nitrogens with one attached hydrogen (secondary N) is 1. The maximum Gasteiger partial charge on any atom is 0.251 e. The predicted molar refractivity (Wildman–Crippen MR) is 72.2 cm³/mol. The topological polar surface area (TPSA) is 42.0 Å². The van der Waals surface area contributed by atoms with Crippen LogP contribution in [-0.2, 0) is 6.54 Å². The number of hydrogen-bond acceptors (Lipinski definition) is 3. The Kier molecular flexibility index (Phi) is 3.91. The van der Waals surface area contributed by atoms with E-state index >= 15 is 0 Å². The number of amides is 1. The molecule has 0 fully saturated rings. The molecule has 0 saturated heterocycles. The zero-order valence-electron chi connectivity index (χ0n) is 9.24. The van der Waals surface area contributed by atoms with E-state index in [1.54, 1.807) is 23.5 Å². The van der Waals surface area contributed by atoms with E-state index in [0.717, 1.165) is 15.2 Å². The number of rotatable bonds is 3. The van der Waals surface area contributed by atoms with Crippen LogP contribution in [0.1, 0.15) is 21.1 Å². The molecule has 0 atom stereocenters. The highest BCUT2D eigenvalue weighted by Crippen LogP contribution is 2.12. The molecule has 0 aliphatic heterocycles. The number of benzene rings is 1. The number of hydrogen-bond donors (Lipinski definition) is 1. The summed E-state index contributed by atoms with van der Waals surface area (Å²) in [7, 11) is 0. The molecular formula is C12H11BrN2OS. The zero-order chi connectivity index (χ0) is 12.3. The Balaban J connectivity index is 1.98. The molecule has 5 heteroatoms. The summed E-state index contributed by atoms with van der Waals surface area (Å²) in [5.41, 5.74) is 1.63. The van der Waals surface area contributed by atoms with Crippen LogP contribution in [0.5, 0.6) is 0 Å². The summed E-state index contributed by atoms with van der Waals surface area (Å²) in [4.78, 5) is 16.1. The molecule has 2 rings (SSSR count). The maximum absolute atomic E-state index is 11.8. The van der Waals surface area contributed by atoms with Crippen LogP contribution in [0.25, 0.3) is 0 Å². The van der Waals surface area contributed by atoms with Crippen LogP contribution in [0.3, 0.4) is 0 Å². The molecule has 0 unspecified atom stereocenters. The maximum atomic E-state index is 11.8. The van der Waals surface area contributed by atoms with Crippen molar-refractivity contribution >= 4 is 33.2 Å². The summed E-state index contributed by atoms with van der Waals surface area (Å²) in [6, 6.07) is 7.31. The predicted octanol–water partition coefficient (Wildman–Crippen LogP) is 3.14. The lowest BCUT2D eigenvalue weighted by atomic mass is 10.2. The van der Waals surface area contributed by atoms with Crippen LogP contribution < -0.4 is 5.32 Å². The highest BCUT2D eigenvalue weighted by Gasteiger charge is 2.06. The van der Waals surface area contributed by atoms with Crippen LogP contribution >= 0.6 is 27.3 Å². The lowest BCUT2D eigenvalue weighted by Gasteiger charge is -2.03. The van der Waals surface area contributed by atoms with E-state index in [9.17, 15) is 4.79 Å². The van der Waals surface area contributed by atoms with Crippen molar-refractivity contribution in [3.63, 3.8) is 0 Å². The molecular weight excluding hydrogens is 300 g/mol. The van der Waals surface area contributed by atoms with Crippen molar-refractivity contribution in [2.24, 2.45) is 0 Å². The molecule has 0 spiro atoms. The monoisotopic (exact) mass is 310 g/mol. The van der Waals surface area contributed by atoms with Gasteiger partial charge in [0.05, 0.1) is 6.54 Å². The van der Waals surface area contributed by atoms with Gasteiger partial charge in [0.25, 0.3) is 5.91 Å². The lowest BCUT2D eigenvalue weighted by Crippen LogP contribution is -2.22. The van der Waals surface area contributed by atoms with Gasteiger partial charge in [-0.25, -0.2) is 4.98 Å². The molecule has 0 bridgehead atoms. The molecule has 0 aliphatic carbocycles. The summed E-state index contributed by atoms with van der Waals surface area (Å²) in [5.74, 6) is -0.0841. The van der Waals surface area contributed by atoms with E-state index in [4.69, 9.17) is 0 Å². The Hall–Kier alpha value is -1.20. The number of carbonyl (C=O) groups excluding carboxylic acids is 1. The number of halogens is 1. The lowest BCUT2D eigenvalue weighted by molar-refractivity contribution is 0.0951. The average molecular weight is 311 g/mol. The van der Waals surface area contributed by atoms with Gasteiger partial charge in [-0.15, -0.1) is 11.3 Å². The third-order valence-corrected chi connectivity index (χ3v) is 3.61. The summed E-state index contributed by atoms with van der Waals surface area (Å²) in [6.45, 7) is 2.42. The molecule has 3 nitrogen and oxygen atoms in total.